The average Bonchev–Trinajstić information content (AvgIpc) is 2.41. The molecule has 1 amide bonds. The number of benzene rings is 1. The molecule has 1 aromatic heterocycles. The van der Waals surface area contributed by atoms with Crippen LogP contribution >= 0.6 is 0 Å². The summed E-state index contributed by atoms with van der Waals surface area (Å²) in [7, 11) is 0. The third-order valence-corrected chi connectivity index (χ3v) is 2.66. The van der Waals surface area contributed by atoms with Crippen LogP contribution in [0.1, 0.15) is 16.1 Å². The number of hydrogen-bond acceptors (Lipinski definition) is 5. The number of aromatic nitrogens is 1. The van der Waals surface area contributed by atoms with Crippen LogP contribution in [0, 0.1) is 17.0 Å². The number of nitrogen functional groups attached to an aromatic ring is 1. The third-order valence-electron chi connectivity index (χ3n) is 2.66. The number of carbonyl (C=O) groups excluding carboxylic acids is 1. The molecule has 0 aliphatic heterocycles. The zero-order chi connectivity index (χ0) is 14.7. The summed E-state index contributed by atoms with van der Waals surface area (Å²) in [5, 5.41) is 13.4. The number of pyridine rings is 1. The third kappa shape index (κ3) is 2.89. The lowest BCUT2D eigenvalue weighted by molar-refractivity contribution is -0.383. The second-order valence-corrected chi connectivity index (χ2v) is 4.17. The molecule has 7 nitrogen and oxygen atoms in total. The van der Waals surface area contributed by atoms with Gasteiger partial charge >= 0.3 is 0 Å². The fourth-order valence-corrected chi connectivity index (χ4v) is 1.59. The largest absolute Gasteiger partial charge is 0.393 e. The quantitative estimate of drug-likeness (QED) is 0.505. The van der Waals surface area contributed by atoms with Gasteiger partial charge in [-0.3, -0.25) is 19.9 Å². The van der Waals surface area contributed by atoms with Crippen molar-refractivity contribution >= 4 is 23.0 Å². The number of aryl methyl sites for hydroxylation is 1. The van der Waals surface area contributed by atoms with E-state index in [1.807, 2.05) is 6.92 Å². The lowest BCUT2D eigenvalue weighted by atomic mass is 10.1. The number of rotatable bonds is 3. The molecule has 1 heterocycles. The predicted molar refractivity (Wildman–Crippen MR) is 74.4 cm³/mol. The Morgan fingerprint density at radius 3 is 2.70 bits per heavy atom. The van der Waals surface area contributed by atoms with Gasteiger partial charge in [-0.05, 0) is 31.2 Å². The topological polar surface area (TPSA) is 111 Å². The van der Waals surface area contributed by atoms with Crippen LogP contribution in [-0.2, 0) is 0 Å². The molecule has 0 aliphatic carbocycles. The van der Waals surface area contributed by atoms with Crippen molar-refractivity contribution in [2.45, 2.75) is 6.92 Å². The van der Waals surface area contributed by atoms with E-state index in [2.05, 4.69) is 10.3 Å². The molecule has 1 aromatic carbocycles. The zero-order valence-electron chi connectivity index (χ0n) is 10.7. The number of anilines is 2. The molecule has 102 valence electrons. The van der Waals surface area contributed by atoms with Crippen LogP contribution in [0.25, 0.3) is 0 Å². The first-order valence-corrected chi connectivity index (χ1v) is 5.75. The van der Waals surface area contributed by atoms with Crippen molar-refractivity contribution in [2.75, 3.05) is 11.1 Å². The smallest absolute Gasteiger partial charge is 0.292 e. The van der Waals surface area contributed by atoms with E-state index < -0.39 is 10.8 Å². The Balaban J connectivity index is 2.23. The fourth-order valence-electron chi connectivity index (χ4n) is 1.59. The summed E-state index contributed by atoms with van der Waals surface area (Å²) in [5.74, 6) is -0.459. The summed E-state index contributed by atoms with van der Waals surface area (Å²) in [5.41, 5.74) is 6.70. The maximum atomic E-state index is 12.0. The van der Waals surface area contributed by atoms with E-state index in [1.54, 1.807) is 12.1 Å². The summed E-state index contributed by atoms with van der Waals surface area (Å²) >= 11 is 0. The number of nitro groups is 1. The highest BCUT2D eigenvalue weighted by molar-refractivity contribution is 6.05. The summed E-state index contributed by atoms with van der Waals surface area (Å²) in [6.07, 6.45) is 1.51. The average molecular weight is 272 g/mol. The first kappa shape index (κ1) is 13.5. The Bertz CT molecular complexity index is 668. The fraction of sp³-hybridized carbons (Fsp3) is 0.0769. The molecule has 0 unspecified atom stereocenters. The minimum Gasteiger partial charge on any atom is -0.393 e. The molecule has 20 heavy (non-hydrogen) atoms. The van der Waals surface area contributed by atoms with E-state index in [9.17, 15) is 14.9 Å². The Hall–Kier alpha value is -2.96. The summed E-state index contributed by atoms with van der Waals surface area (Å²) in [4.78, 5) is 26.2. The molecule has 2 rings (SSSR count). The van der Waals surface area contributed by atoms with Gasteiger partial charge in [-0.1, -0.05) is 0 Å². The van der Waals surface area contributed by atoms with Crippen LogP contribution in [0.5, 0.6) is 0 Å². The van der Waals surface area contributed by atoms with Gasteiger partial charge in [-0.15, -0.1) is 0 Å². The SMILES string of the molecule is Cc1ccc(NC(=O)c2ccc(N)c([N+](=O)[O-])c2)cn1. The van der Waals surface area contributed by atoms with E-state index in [0.717, 1.165) is 11.8 Å². The van der Waals surface area contributed by atoms with Crippen molar-refractivity contribution in [3.05, 3.63) is 57.9 Å². The van der Waals surface area contributed by atoms with Gasteiger partial charge < -0.3 is 11.1 Å². The monoisotopic (exact) mass is 272 g/mol. The predicted octanol–water partition coefficient (Wildman–Crippen LogP) is 2.13. The maximum Gasteiger partial charge on any atom is 0.292 e. The van der Waals surface area contributed by atoms with Gasteiger partial charge in [0.2, 0.25) is 0 Å². The van der Waals surface area contributed by atoms with Crippen LogP contribution in [-0.4, -0.2) is 15.8 Å². The number of nitrogens with zero attached hydrogens (tertiary/aromatic N) is 2. The number of amides is 1. The van der Waals surface area contributed by atoms with Gasteiger partial charge in [0.05, 0.1) is 16.8 Å². The highest BCUT2D eigenvalue weighted by Crippen LogP contribution is 2.22. The Labute approximate surface area is 114 Å². The van der Waals surface area contributed by atoms with Gasteiger partial charge in [0.15, 0.2) is 0 Å². The lowest BCUT2D eigenvalue weighted by Crippen LogP contribution is -2.12. The van der Waals surface area contributed by atoms with Crippen molar-refractivity contribution in [3.8, 4) is 0 Å². The van der Waals surface area contributed by atoms with Crippen molar-refractivity contribution in [1.82, 2.24) is 4.98 Å². The number of nitro benzene ring substituents is 1. The molecule has 7 heteroatoms. The first-order valence-electron chi connectivity index (χ1n) is 5.75. The van der Waals surface area contributed by atoms with E-state index >= 15 is 0 Å². The summed E-state index contributed by atoms with van der Waals surface area (Å²) in [6, 6.07) is 7.36. The number of carbonyl (C=O) groups is 1. The van der Waals surface area contributed by atoms with Crippen molar-refractivity contribution < 1.29 is 9.72 Å². The standard InChI is InChI=1S/C13H12N4O3/c1-8-2-4-10(7-15-8)16-13(18)9-3-5-11(14)12(6-9)17(19)20/h2-7H,14H2,1H3,(H,16,18). The Morgan fingerprint density at radius 2 is 2.10 bits per heavy atom. The van der Waals surface area contributed by atoms with Crippen molar-refractivity contribution in [3.63, 3.8) is 0 Å². The highest BCUT2D eigenvalue weighted by atomic mass is 16.6. The molecule has 0 saturated carbocycles. The van der Waals surface area contributed by atoms with Crippen LogP contribution in [0.2, 0.25) is 0 Å². The molecule has 0 fully saturated rings. The molecule has 0 radical (unpaired) electrons. The normalized spacial score (nSPS) is 10.1. The zero-order valence-corrected chi connectivity index (χ0v) is 10.7. The number of nitrogens with two attached hydrogens (primary N) is 1. The van der Waals surface area contributed by atoms with Gasteiger partial charge in [-0.25, -0.2) is 0 Å². The molecule has 0 aliphatic rings. The molecule has 2 aromatic rings. The van der Waals surface area contributed by atoms with Gasteiger partial charge in [0.25, 0.3) is 11.6 Å². The molecule has 3 N–H and O–H groups in total. The molecule has 0 atom stereocenters. The minimum atomic E-state index is -0.625. The molecular formula is C13H12N4O3. The second-order valence-electron chi connectivity index (χ2n) is 4.17. The van der Waals surface area contributed by atoms with Crippen molar-refractivity contribution in [2.24, 2.45) is 0 Å². The minimum absolute atomic E-state index is 0.0172. The number of nitrogens with one attached hydrogen (secondary N) is 1. The molecule has 0 bridgehead atoms. The van der Waals surface area contributed by atoms with Gasteiger partial charge in [-0.2, -0.15) is 0 Å². The van der Waals surface area contributed by atoms with E-state index in [4.69, 9.17) is 5.73 Å². The van der Waals surface area contributed by atoms with Crippen molar-refractivity contribution in [1.29, 1.82) is 0 Å². The van der Waals surface area contributed by atoms with Crippen LogP contribution in [0.3, 0.4) is 0 Å². The highest BCUT2D eigenvalue weighted by Gasteiger charge is 2.15. The number of hydrogen-bond donors (Lipinski definition) is 2. The van der Waals surface area contributed by atoms with E-state index in [0.29, 0.717) is 5.69 Å². The maximum absolute atomic E-state index is 12.0. The lowest BCUT2D eigenvalue weighted by Gasteiger charge is -2.05. The van der Waals surface area contributed by atoms with E-state index in [-0.39, 0.29) is 16.9 Å². The van der Waals surface area contributed by atoms with E-state index in [1.165, 1.54) is 18.3 Å². The molecular weight excluding hydrogens is 260 g/mol. The summed E-state index contributed by atoms with van der Waals surface area (Å²) < 4.78 is 0. The molecule has 0 spiro atoms. The second kappa shape index (κ2) is 5.35. The van der Waals surface area contributed by atoms with Gasteiger partial charge in [0, 0.05) is 17.3 Å². The van der Waals surface area contributed by atoms with Crippen LogP contribution < -0.4 is 11.1 Å². The van der Waals surface area contributed by atoms with Crippen LogP contribution in [0.15, 0.2) is 36.5 Å². The van der Waals surface area contributed by atoms with Gasteiger partial charge in [0.1, 0.15) is 5.69 Å². The first-order chi connectivity index (χ1) is 9.47. The summed E-state index contributed by atoms with van der Waals surface area (Å²) in [6.45, 7) is 1.83. The Kier molecular flexibility index (Phi) is 3.60. The molecule has 0 saturated heterocycles. The van der Waals surface area contributed by atoms with Crippen LogP contribution in [0.4, 0.5) is 17.1 Å². The Morgan fingerprint density at radius 1 is 1.35 bits per heavy atom.